The van der Waals surface area contributed by atoms with Crippen molar-refractivity contribution in [2.24, 2.45) is 0 Å². The van der Waals surface area contributed by atoms with Gasteiger partial charge >= 0.3 is 5.97 Å². The molecule has 1 spiro atoms. The van der Waals surface area contributed by atoms with Gasteiger partial charge in [0.15, 0.2) is 6.10 Å². The zero-order chi connectivity index (χ0) is 11.4. The summed E-state index contributed by atoms with van der Waals surface area (Å²) < 4.78 is 10.8. The SMILES string of the molecule is CCCCCOC(=O)C1OC12CCCCC2. The summed E-state index contributed by atoms with van der Waals surface area (Å²) in [6.07, 6.45) is 8.77. The Hall–Kier alpha value is -0.570. The van der Waals surface area contributed by atoms with Crippen molar-refractivity contribution in [1.29, 1.82) is 0 Å². The molecule has 0 aromatic rings. The van der Waals surface area contributed by atoms with E-state index in [4.69, 9.17) is 9.47 Å². The lowest BCUT2D eigenvalue weighted by Crippen LogP contribution is -2.25. The van der Waals surface area contributed by atoms with E-state index >= 15 is 0 Å². The van der Waals surface area contributed by atoms with Gasteiger partial charge in [-0.15, -0.1) is 0 Å². The molecule has 1 aliphatic carbocycles. The van der Waals surface area contributed by atoms with Gasteiger partial charge in [0.1, 0.15) is 5.60 Å². The van der Waals surface area contributed by atoms with Gasteiger partial charge < -0.3 is 9.47 Å². The van der Waals surface area contributed by atoms with E-state index in [2.05, 4.69) is 6.92 Å². The molecule has 0 aromatic carbocycles. The number of unbranched alkanes of at least 4 members (excludes halogenated alkanes) is 2. The predicted molar refractivity (Wildman–Crippen MR) is 61.2 cm³/mol. The van der Waals surface area contributed by atoms with Crippen molar-refractivity contribution in [3.8, 4) is 0 Å². The third-order valence-corrected chi connectivity index (χ3v) is 3.68. The van der Waals surface area contributed by atoms with Crippen LogP contribution in [0.1, 0.15) is 58.3 Å². The van der Waals surface area contributed by atoms with E-state index in [1.165, 1.54) is 19.3 Å². The van der Waals surface area contributed by atoms with Crippen LogP contribution in [0.5, 0.6) is 0 Å². The minimum absolute atomic E-state index is 0.111. The van der Waals surface area contributed by atoms with E-state index in [0.29, 0.717) is 6.61 Å². The molecule has 3 heteroatoms. The number of rotatable bonds is 5. The highest BCUT2D eigenvalue weighted by Crippen LogP contribution is 2.48. The van der Waals surface area contributed by atoms with Crippen LogP contribution in [0, 0.1) is 0 Å². The molecule has 0 bridgehead atoms. The molecular formula is C13H22O3. The molecular weight excluding hydrogens is 204 g/mol. The first-order chi connectivity index (χ1) is 7.78. The van der Waals surface area contributed by atoms with Crippen LogP contribution < -0.4 is 0 Å². The number of hydrogen-bond acceptors (Lipinski definition) is 3. The van der Waals surface area contributed by atoms with Gasteiger partial charge in [-0.3, -0.25) is 0 Å². The van der Waals surface area contributed by atoms with Crippen LogP contribution >= 0.6 is 0 Å². The smallest absolute Gasteiger partial charge is 0.338 e. The molecule has 0 radical (unpaired) electrons. The molecule has 1 unspecified atom stereocenters. The van der Waals surface area contributed by atoms with E-state index in [1.54, 1.807) is 0 Å². The fourth-order valence-corrected chi connectivity index (χ4v) is 2.59. The molecule has 0 N–H and O–H groups in total. The van der Waals surface area contributed by atoms with E-state index in [1.807, 2.05) is 0 Å². The first-order valence-electron chi connectivity index (χ1n) is 6.63. The highest BCUT2D eigenvalue weighted by molar-refractivity contribution is 5.79. The second kappa shape index (κ2) is 5.17. The molecule has 2 fully saturated rings. The van der Waals surface area contributed by atoms with E-state index < -0.39 is 0 Å². The first kappa shape index (κ1) is 11.9. The Morgan fingerprint density at radius 2 is 2.06 bits per heavy atom. The summed E-state index contributed by atoms with van der Waals surface area (Å²) in [7, 11) is 0. The van der Waals surface area contributed by atoms with Gasteiger partial charge in [0.05, 0.1) is 6.61 Å². The van der Waals surface area contributed by atoms with Gasteiger partial charge in [-0.05, 0) is 19.3 Å². The Kier molecular flexibility index (Phi) is 3.85. The van der Waals surface area contributed by atoms with E-state index in [0.717, 1.165) is 32.1 Å². The van der Waals surface area contributed by atoms with Crippen molar-refractivity contribution in [3.63, 3.8) is 0 Å². The summed E-state index contributed by atoms with van der Waals surface area (Å²) in [4.78, 5) is 11.7. The van der Waals surface area contributed by atoms with E-state index in [-0.39, 0.29) is 17.7 Å². The maximum atomic E-state index is 11.7. The Balaban J connectivity index is 1.67. The van der Waals surface area contributed by atoms with Crippen molar-refractivity contribution in [2.45, 2.75) is 70.0 Å². The van der Waals surface area contributed by atoms with Gasteiger partial charge in [-0.1, -0.05) is 39.0 Å². The minimum atomic E-state index is -0.241. The Morgan fingerprint density at radius 1 is 1.31 bits per heavy atom. The molecule has 3 nitrogen and oxygen atoms in total. The molecule has 0 amide bonds. The Bertz CT molecular complexity index is 244. The number of epoxide rings is 1. The molecule has 1 atom stereocenters. The van der Waals surface area contributed by atoms with Crippen molar-refractivity contribution < 1.29 is 14.3 Å². The van der Waals surface area contributed by atoms with Crippen molar-refractivity contribution in [1.82, 2.24) is 0 Å². The summed E-state index contributed by atoms with van der Waals surface area (Å²) in [5, 5.41) is 0. The third kappa shape index (κ3) is 2.57. The van der Waals surface area contributed by atoms with Gasteiger partial charge in [0.25, 0.3) is 0 Å². The standard InChI is InChI=1S/C13H22O3/c1-2-3-7-10-15-12(14)11-13(16-11)8-5-4-6-9-13/h11H,2-10H2,1H3. The highest BCUT2D eigenvalue weighted by atomic mass is 16.7. The normalized spacial score (nSPS) is 26.7. The fraction of sp³-hybridized carbons (Fsp3) is 0.923. The molecule has 1 saturated carbocycles. The average Bonchev–Trinajstić information content (AvgIpc) is 2.99. The minimum Gasteiger partial charge on any atom is -0.464 e. The number of carbonyl (C=O) groups is 1. The highest BCUT2D eigenvalue weighted by Gasteiger charge is 2.61. The zero-order valence-corrected chi connectivity index (χ0v) is 10.2. The summed E-state index contributed by atoms with van der Waals surface area (Å²) in [5.74, 6) is -0.127. The van der Waals surface area contributed by atoms with Crippen LogP contribution in [-0.4, -0.2) is 24.3 Å². The maximum absolute atomic E-state index is 11.7. The zero-order valence-electron chi connectivity index (χ0n) is 10.2. The molecule has 16 heavy (non-hydrogen) atoms. The van der Waals surface area contributed by atoms with Gasteiger partial charge in [0.2, 0.25) is 0 Å². The van der Waals surface area contributed by atoms with Crippen LogP contribution in [-0.2, 0) is 14.3 Å². The summed E-state index contributed by atoms with van der Waals surface area (Å²) in [6.45, 7) is 2.70. The summed E-state index contributed by atoms with van der Waals surface area (Å²) >= 11 is 0. The largest absolute Gasteiger partial charge is 0.464 e. The van der Waals surface area contributed by atoms with Crippen LogP contribution in [0.25, 0.3) is 0 Å². The number of hydrogen-bond donors (Lipinski definition) is 0. The number of carbonyl (C=O) groups excluding carboxylic acids is 1. The molecule has 2 rings (SSSR count). The van der Waals surface area contributed by atoms with Crippen LogP contribution in [0.2, 0.25) is 0 Å². The summed E-state index contributed by atoms with van der Waals surface area (Å²) in [5.41, 5.74) is -0.111. The lowest BCUT2D eigenvalue weighted by atomic mass is 9.86. The Labute approximate surface area is 97.5 Å². The van der Waals surface area contributed by atoms with Crippen LogP contribution in [0.15, 0.2) is 0 Å². The monoisotopic (exact) mass is 226 g/mol. The second-order valence-electron chi connectivity index (χ2n) is 5.00. The number of esters is 1. The molecule has 0 aromatic heterocycles. The number of ether oxygens (including phenoxy) is 2. The third-order valence-electron chi connectivity index (χ3n) is 3.68. The lowest BCUT2D eigenvalue weighted by Gasteiger charge is -2.17. The molecule has 1 heterocycles. The second-order valence-corrected chi connectivity index (χ2v) is 5.00. The first-order valence-corrected chi connectivity index (χ1v) is 6.63. The molecule has 1 saturated heterocycles. The van der Waals surface area contributed by atoms with Crippen LogP contribution in [0.4, 0.5) is 0 Å². The van der Waals surface area contributed by atoms with E-state index in [9.17, 15) is 4.79 Å². The topological polar surface area (TPSA) is 38.8 Å². The van der Waals surface area contributed by atoms with Gasteiger partial charge in [-0.25, -0.2) is 4.79 Å². The predicted octanol–water partition coefficient (Wildman–Crippen LogP) is 2.82. The quantitative estimate of drug-likeness (QED) is 0.411. The van der Waals surface area contributed by atoms with Crippen molar-refractivity contribution in [2.75, 3.05) is 6.61 Å². The van der Waals surface area contributed by atoms with Crippen molar-refractivity contribution in [3.05, 3.63) is 0 Å². The molecule has 92 valence electrons. The Morgan fingerprint density at radius 3 is 2.75 bits per heavy atom. The lowest BCUT2D eigenvalue weighted by molar-refractivity contribution is -0.145. The fourth-order valence-electron chi connectivity index (χ4n) is 2.59. The van der Waals surface area contributed by atoms with Crippen molar-refractivity contribution >= 4 is 5.97 Å². The molecule has 2 aliphatic rings. The van der Waals surface area contributed by atoms with Gasteiger partial charge in [-0.2, -0.15) is 0 Å². The summed E-state index contributed by atoms with van der Waals surface area (Å²) in [6, 6.07) is 0. The van der Waals surface area contributed by atoms with Gasteiger partial charge in [0, 0.05) is 0 Å². The molecule has 1 aliphatic heterocycles. The maximum Gasteiger partial charge on any atom is 0.338 e. The van der Waals surface area contributed by atoms with Crippen LogP contribution in [0.3, 0.4) is 0 Å². The average molecular weight is 226 g/mol.